The number of amides is 1. The van der Waals surface area contributed by atoms with Crippen LogP contribution in [0.15, 0.2) is 48.8 Å². The molecule has 1 aromatic heterocycles. The van der Waals surface area contributed by atoms with Crippen molar-refractivity contribution in [1.29, 1.82) is 0 Å². The van der Waals surface area contributed by atoms with Gasteiger partial charge in [-0.15, -0.1) is 0 Å². The van der Waals surface area contributed by atoms with Crippen LogP contribution < -0.4 is 0 Å². The van der Waals surface area contributed by atoms with Crippen LogP contribution in [-0.2, 0) is 28.7 Å². The average molecular weight is 383 g/mol. The lowest BCUT2D eigenvalue weighted by Crippen LogP contribution is -2.48. The number of rotatable bonds is 5. The van der Waals surface area contributed by atoms with E-state index >= 15 is 0 Å². The molecule has 0 aliphatic carbocycles. The molecular weight excluding hydrogens is 352 g/mol. The third kappa shape index (κ3) is 6.34. The lowest BCUT2D eigenvalue weighted by Gasteiger charge is -2.34. The highest BCUT2D eigenvalue weighted by Gasteiger charge is 2.28. The number of ether oxygens (including phenoxy) is 2. The molecule has 0 spiro atoms. The van der Waals surface area contributed by atoms with Gasteiger partial charge < -0.3 is 14.4 Å². The number of benzene rings is 1. The minimum absolute atomic E-state index is 0.00478. The number of morpholine rings is 1. The van der Waals surface area contributed by atoms with Gasteiger partial charge in [-0.3, -0.25) is 4.98 Å². The Morgan fingerprint density at radius 3 is 2.68 bits per heavy atom. The van der Waals surface area contributed by atoms with Gasteiger partial charge in [0.2, 0.25) is 0 Å². The topological polar surface area (TPSA) is 51.7 Å². The van der Waals surface area contributed by atoms with Gasteiger partial charge >= 0.3 is 6.09 Å². The number of carbonyl (C=O) groups excluding carboxylic acids is 1. The monoisotopic (exact) mass is 382 g/mol. The van der Waals surface area contributed by atoms with E-state index in [1.807, 2.05) is 33.0 Å². The fourth-order valence-corrected chi connectivity index (χ4v) is 3.34. The summed E-state index contributed by atoms with van der Waals surface area (Å²) in [6.45, 7) is 7.36. The van der Waals surface area contributed by atoms with Gasteiger partial charge in [0.15, 0.2) is 0 Å². The van der Waals surface area contributed by atoms with E-state index in [-0.39, 0.29) is 12.2 Å². The third-order valence-corrected chi connectivity index (χ3v) is 4.67. The highest BCUT2D eigenvalue weighted by molar-refractivity contribution is 5.68. The first kappa shape index (κ1) is 20.3. The number of aryl methyl sites for hydroxylation is 2. The van der Waals surface area contributed by atoms with Gasteiger partial charge in [-0.05, 0) is 56.4 Å². The number of aromatic nitrogens is 1. The van der Waals surface area contributed by atoms with Crippen LogP contribution in [0.5, 0.6) is 0 Å². The standard InChI is InChI=1S/C23H30N2O3/c1-23(2,3)28-22(26)25-12-13-27-21(17-25)15-20-7-4-6-18(14-20)9-10-19-8-5-11-24-16-19/h4-8,11,14,16,21H,9-10,12-13,15,17H2,1-3H3/t21-/m1/s1. The van der Waals surface area contributed by atoms with Crippen molar-refractivity contribution in [3.05, 3.63) is 65.5 Å². The van der Waals surface area contributed by atoms with E-state index in [0.29, 0.717) is 19.7 Å². The molecular formula is C23H30N2O3. The molecule has 1 aromatic carbocycles. The van der Waals surface area contributed by atoms with Gasteiger partial charge in [-0.1, -0.05) is 30.3 Å². The molecule has 1 amide bonds. The molecule has 150 valence electrons. The van der Waals surface area contributed by atoms with Crippen LogP contribution in [0.1, 0.15) is 37.5 Å². The Morgan fingerprint density at radius 1 is 1.18 bits per heavy atom. The Bertz CT molecular complexity index is 771. The molecule has 0 radical (unpaired) electrons. The molecule has 28 heavy (non-hydrogen) atoms. The van der Waals surface area contributed by atoms with Crippen molar-refractivity contribution in [2.45, 2.75) is 51.7 Å². The van der Waals surface area contributed by atoms with E-state index in [1.54, 1.807) is 11.1 Å². The van der Waals surface area contributed by atoms with Gasteiger partial charge in [0.1, 0.15) is 5.60 Å². The SMILES string of the molecule is CC(C)(C)OC(=O)N1CCO[C@H](Cc2cccc(CCc3cccnc3)c2)C1. The second-order valence-electron chi connectivity index (χ2n) is 8.30. The average Bonchev–Trinajstić information content (AvgIpc) is 2.66. The predicted octanol–water partition coefficient (Wildman–Crippen LogP) is 4.05. The Balaban J connectivity index is 1.55. The van der Waals surface area contributed by atoms with Crippen molar-refractivity contribution in [2.24, 2.45) is 0 Å². The summed E-state index contributed by atoms with van der Waals surface area (Å²) in [5.41, 5.74) is 3.31. The van der Waals surface area contributed by atoms with Crippen molar-refractivity contribution in [1.82, 2.24) is 9.88 Å². The molecule has 2 aromatic rings. The van der Waals surface area contributed by atoms with Crippen molar-refractivity contribution in [2.75, 3.05) is 19.7 Å². The molecule has 1 aliphatic heterocycles. The van der Waals surface area contributed by atoms with Crippen molar-refractivity contribution in [3.63, 3.8) is 0 Å². The lowest BCUT2D eigenvalue weighted by molar-refractivity contribution is -0.0415. The van der Waals surface area contributed by atoms with E-state index in [9.17, 15) is 4.79 Å². The molecule has 2 heterocycles. The highest BCUT2D eigenvalue weighted by Crippen LogP contribution is 2.17. The molecule has 0 unspecified atom stereocenters. The summed E-state index contributed by atoms with van der Waals surface area (Å²) in [6.07, 6.45) is 6.21. The molecule has 1 fully saturated rings. The summed E-state index contributed by atoms with van der Waals surface area (Å²) in [6, 6.07) is 12.7. The summed E-state index contributed by atoms with van der Waals surface area (Å²) in [5.74, 6) is 0. The molecule has 0 bridgehead atoms. The van der Waals surface area contributed by atoms with E-state index < -0.39 is 5.60 Å². The quantitative estimate of drug-likeness (QED) is 0.783. The summed E-state index contributed by atoms with van der Waals surface area (Å²) in [4.78, 5) is 18.3. The largest absolute Gasteiger partial charge is 0.444 e. The summed E-state index contributed by atoms with van der Waals surface area (Å²) in [7, 11) is 0. The Morgan fingerprint density at radius 2 is 1.93 bits per heavy atom. The minimum atomic E-state index is -0.479. The number of pyridine rings is 1. The van der Waals surface area contributed by atoms with Crippen LogP contribution in [-0.4, -0.2) is 47.4 Å². The van der Waals surface area contributed by atoms with Gasteiger partial charge in [0.25, 0.3) is 0 Å². The smallest absolute Gasteiger partial charge is 0.410 e. The number of nitrogens with zero attached hydrogens (tertiary/aromatic N) is 2. The zero-order valence-electron chi connectivity index (χ0n) is 17.1. The Hall–Kier alpha value is -2.40. The van der Waals surface area contributed by atoms with Gasteiger partial charge in [-0.25, -0.2) is 4.79 Å². The number of carbonyl (C=O) groups is 1. The summed E-state index contributed by atoms with van der Waals surface area (Å²) >= 11 is 0. The van der Waals surface area contributed by atoms with Crippen LogP contribution in [0.3, 0.4) is 0 Å². The Kier molecular flexibility index (Phi) is 6.68. The fourth-order valence-electron chi connectivity index (χ4n) is 3.34. The van der Waals surface area contributed by atoms with E-state index in [4.69, 9.17) is 9.47 Å². The second-order valence-corrected chi connectivity index (χ2v) is 8.30. The van der Waals surface area contributed by atoms with Crippen molar-refractivity contribution >= 4 is 6.09 Å². The molecule has 1 saturated heterocycles. The molecule has 1 atom stereocenters. The van der Waals surface area contributed by atoms with E-state index in [1.165, 1.54) is 16.7 Å². The molecule has 5 heteroatoms. The van der Waals surface area contributed by atoms with Crippen molar-refractivity contribution < 1.29 is 14.3 Å². The summed E-state index contributed by atoms with van der Waals surface area (Å²) < 4.78 is 11.4. The van der Waals surface area contributed by atoms with Gasteiger partial charge in [0, 0.05) is 25.4 Å². The normalized spacial score (nSPS) is 17.4. The summed E-state index contributed by atoms with van der Waals surface area (Å²) in [5, 5.41) is 0. The zero-order chi connectivity index (χ0) is 20.0. The highest BCUT2D eigenvalue weighted by atomic mass is 16.6. The first-order valence-corrected chi connectivity index (χ1v) is 9.95. The maximum absolute atomic E-state index is 12.3. The third-order valence-electron chi connectivity index (χ3n) is 4.67. The Labute approximate surface area is 167 Å². The van der Waals surface area contributed by atoms with Crippen LogP contribution in [0.25, 0.3) is 0 Å². The maximum atomic E-state index is 12.3. The number of hydrogen-bond donors (Lipinski definition) is 0. The zero-order valence-corrected chi connectivity index (χ0v) is 17.1. The number of hydrogen-bond acceptors (Lipinski definition) is 4. The van der Waals surface area contributed by atoms with Crippen LogP contribution >= 0.6 is 0 Å². The van der Waals surface area contributed by atoms with E-state index in [2.05, 4.69) is 35.3 Å². The molecule has 1 aliphatic rings. The molecule has 3 rings (SSSR count). The first-order valence-electron chi connectivity index (χ1n) is 9.95. The molecule has 5 nitrogen and oxygen atoms in total. The maximum Gasteiger partial charge on any atom is 0.410 e. The van der Waals surface area contributed by atoms with Gasteiger partial charge in [-0.2, -0.15) is 0 Å². The van der Waals surface area contributed by atoms with Crippen molar-refractivity contribution in [3.8, 4) is 0 Å². The van der Waals surface area contributed by atoms with Gasteiger partial charge in [0.05, 0.1) is 19.3 Å². The lowest BCUT2D eigenvalue weighted by atomic mass is 10.0. The predicted molar refractivity (Wildman–Crippen MR) is 109 cm³/mol. The van der Waals surface area contributed by atoms with Crippen LogP contribution in [0.2, 0.25) is 0 Å². The van der Waals surface area contributed by atoms with Crippen LogP contribution in [0.4, 0.5) is 4.79 Å². The van der Waals surface area contributed by atoms with E-state index in [0.717, 1.165) is 19.3 Å². The molecule has 0 N–H and O–H groups in total. The minimum Gasteiger partial charge on any atom is -0.444 e. The second kappa shape index (κ2) is 9.20. The van der Waals surface area contributed by atoms with Crippen LogP contribution in [0, 0.1) is 0 Å². The first-order chi connectivity index (χ1) is 13.4. The molecule has 0 saturated carbocycles. The fraction of sp³-hybridized carbons (Fsp3) is 0.478.